The van der Waals surface area contributed by atoms with E-state index in [9.17, 15) is 0 Å². The molecule has 2 bridgehead atoms. The molecule has 2 fully saturated rings. The smallest absolute Gasteiger partial charge is 0.0462 e. The zero-order valence-electron chi connectivity index (χ0n) is 10.3. The highest BCUT2D eigenvalue weighted by atomic mass is 79.9. The van der Waals surface area contributed by atoms with Crippen molar-refractivity contribution < 1.29 is 0 Å². The van der Waals surface area contributed by atoms with Gasteiger partial charge in [0.15, 0.2) is 0 Å². The number of halogens is 2. The van der Waals surface area contributed by atoms with Gasteiger partial charge in [-0.05, 0) is 37.0 Å². The van der Waals surface area contributed by atoms with Gasteiger partial charge >= 0.3 is 0 Å². The largest absolute Gasteiger partial charge is 0.310 e. The van der Waals surface area contributed by atoms with Crippen LogP contribution < -0.4 is 5.32 Å². The molecule has 0 amide bonds. The summed E-state index contributed by atoms with van der Waals surface area (Å²) in [5.74, 6) is 0. The first-order chi connectivity index (χ1) is 8.70. The van der Waals surface area contributed by atoms with E-state index in [0.29, 0.717) is 6.04 Å². The Balaban J connectivity index is 1.68. The molecule has 2 saturated heterocycles. The summed E-state index contributed by atoms with van der Waals surface area (Å²) in [6.45, 7) is 3.31. The summed E-state index contributed by atoms with van der Waals surface area (Å²) in [5, 5.41) is 4.58. The minimum Gasteiger partial charge on any atom is -0.310 e. The summed E-state index contributed by atoms with van der Waals surface area (Å²) < 4.78 is 1.05. The summed E-state index contributed by atoms with van der Waals surface area (Å²) in [6.07, 6.45) is 3.96. The van der Waals surface area contributed by atoms with Gasteiger partial charge in [0.05, 0.1) is 0 Å². The Hall–Kier alpha value is -0.0900. The highest BCUT2D eigenvalue weighted by Crippen LogP contribution is 2.25. The van der Waals surface area contributed by atoms with E-state index < -0.39 is 0 Å². The minimum absolute atomic E-state index is 0.687. The maximum atomic E-state index is 6.30. The molecule has 0 spiro atoms. The van der Waals surface area contributed by atoms with Gasteiger partial charge in [0.25, 0.3) is 0 Å². The fourth-order valence-corrected chi connectivity index (χ4v) is 3.78. The van der Waals surface area contributed by atoms with Crippen LogP contribution in [-0.2, 0) is 6.54 Å². The Bertz CT molecular complexity index is 438. The number of nitrogens with zero attached hydrogens (tertiary/aromatic N) is 1. The van der Waals surface area contributed by atoms with Crippen LogP contribution in [0.4, 0.5) is 0 Å². The topological polar surface area (TPSA) is 15.3 Å². The lowest BCUT2D eigenvalue weighted by Gasteiger charge is -2.24. The Morgan fingerprint density at radius 1 is 1.28 bits per heavy atom. The Labute approximate surface area is 122 Å². The van der Waals surface area contributed by atoms with Crippen LogP contribution in [-0.4, -0.2) is 30.1 Å². The summed E-state index contributed by atoms with van der Waals surface area (Å²) in [4.78, 5) is 2.53. The van der Waals surface area contributed by atoms with E-state index in [2.05, 4.69) is 38.3 Å². The lowest BCUT2D eigenvalue weighted by atomic mass is 10.1. The van der Waals surface area contributed by atoms with Gasteiger partial charge in [0, 0.05) is 41.2 Å². The molecule has 98 valence electrons. The van der Waals surface area contributed by atoms with E-state index in [0.717, 1.165) is 28.6 Å². The number of nitrogens with one attached hydrogen (secondary N) is 1. The molecule has 3 rings (SSSR count). The van der Waals surface area contributed by atoms with Gasteiger partial charge in [-0.25, -0.2) is 0 Å². The molecule has 0 radical (unpaired) electrons. The van der Waals surface area contributed by atoms with Crippen molar-refractivity contribution in [1.82, 2.24) is 10.2 Å². The molecular formula is C14H18BrClN2. The Morgan fingerprint density at radius 2 is 2.11 bits per heavy atom. The van der Waals surface area contributed by atoms with Crippen LogP contribution in [0.25, 0.3) is 0 Å². The molecule has 2 nitrogen and oxygen atoms in total. The molecule has 2 unspecified atom stereocenters. The van der Waals surface area contributed by atoms with Crippen molar-refractivity contribution in [3.63, 3.8) is 0 Å². The standard InChI is InChI=1S/C14H18BrClN2/c15-11-2-1-10(14(16)7-11)8-18-6-5-12-3-4-13(9-18)17-12/h1-2,7,12-13,17H,3-6,8-9H2. The van der Waals surface area contributed by atoms with E-state index in [4.69, 9.17) is 11.6 Å². The van der Waals surface area contributed by atoms with Crippen LogP contribution in [0.1, 0.15) is 24.8 Å². The third kappa shape index (κ3) is 2.90. The van der Waals surface area contributed by atoms with Gasteiger partial charge in [-0.2, -0.15) is 0 Å². The van der Waals surface area contributed by atoms with Gasteiger partial charge < -0.3 is 5.32 Å². The zero-order valence-corrected chi connectivity index (χ0v) is 12.7. The molecule has 1 N–H and O–H groups in total. The van der Waals surface area contributed by atoms with Gasteiger partial charge in [-0.15, -0.1) is 0 Å². The molecule has 4 heteroatoms. The molecule has 2 heterocycles. The van der Waals surface area contributed by atoms with Gasteiger partial charge in [0.1, 0.15) is 0 Å². The van der Waals surface area contributed by atoms with Crippen LogP contribution in [0.2, 0.25) is 5.02 Å². The van der Waals surface area contributed by atoms with Crippen LogP contribution in [0.3, 0.4) is 0 Å². The van der Waals surface area contributed by atoms with Crippen molar-refractivity contribution in [3.05, 3.63) is 33.3 Å². The first-order valence-electron chi connectivity index (χ1n) is 6.63. The second-order valence-corrected chi connectivity index (χ2v) is 6.72. The average molecular weight is 330 g/mol. The molecule has 0 saturated carbocycles. The van der Waals surface area contributed by atoms with E-state index in [1.54, 1.807) is 0 Å². The SMILES string of the molecule is Clc1cc(Br)ccc1CN1CCC2CCC(C1)N2. The number of rotatable bonds is 2. The molecule has 0 aromatic heterocycles. The monoisotopic (exact) mass is 328 g/mol. The predicted molar refractivity (Wildman–Crippen MR) is 79.0 cm³/mol. The summed E-state index contributed by atoms with van der Waals surface area (Å²) in [6, 6.07) is 7.62. The molecule has 18 heavy (non-hydrogen) atoms. The van der Waals surface area contributed by atoms with E-state index in [1.165, 1.54) is 31.4 Å². The van der Waals surface area contributed by atoms with Gasteiger partial charge in [0.2, 0.25) is 0 Å². The molecule has 0 aliphatic carbocycles. The highest BCUT2D eigenvalue weighted by Gasteiger charge is 2.29. The zero-order chi connectivity index (χ0) is 12.5. The molecule has 2 atom stereocenters. The summed E-state index contributed by atoms with van der Waals surface area (Å²) in [7, 11) is 0. The second-order valence-electron chi connectivity index (χ2n) is 5.40. The van der Waals surface area contributed by atoms with Crippen molar-refractivity contribution in [2.24, 2.45) is 0 Å². The minimum atomic E-state index is 0.687. The number of likely N-dealkylation sites (tertiary alicyclic amines) is 1. The van der Waals surface area contributed by atoms with E-state index in [-0.39, 0.29) is 0 Å². The quantitative estimate of drug-likeness (QED) is 0.894. The Kier molecular flexibility index (Phi) is 3.94. The molecule has 2 aliphatic rings. The molecule has 1 aromatic rings. The molecule has 2 aliphatic heterocycles. The van der Waals surface area contributed by atoms with Gasteiger partial charge in [-0.1, -0.05) is 33.6 Å². The molecule has 1 aromatic carbocycles. The van der Waals surface area contributed by atoms with E-state index in [1.807, 2.05) is 6.07 Å². The normalized spacial score (nSPS) is 28.3. The Morgan fingerprint density at radius 3 is 2.94 bits per heavy atom. The van der Waals surface area contributed by atoms with Crippen LogP contribution in [0.15, 0.2) is 22.7 Å². The van der Waals surface area contributed by atoms with Crippen LogP contribution >= 0.6 is 27.5 Å². The van der Waals surface area contributed by atoms with Crippen molar-refractivity contribution in [1.29, 1.82) is 0 Å². The fourth-order valence-electron chi connectivity index (χ4n) is 3.05. The van der Waals surface area contributed by atoms with Crippen molar-refractivity contribution in [2.45, 2.75) is 37.9 Å². The number of fused-ring (bicyclic) bond motifs is 2. The lowest BCUT2D eigenvalue weighted by Crippen LogP contribution is -2.35. The van der Waals surface area contributed by atoms with Crippen molar-refractivity contribution in [3.8, 4) is 0 Å². The summed E-state index contributed by atoms with van der Waals surface area (Å²) in [5.41, 5.74) is 1.23. The maximum absolute atomic E-state index is 6.30. The first kappa shape index (κ1) is 12.9. The molecular weight excluding hydrogens is 312 g/mol. The average Bonchev–Trinajstić information content (AvgIpc) is 2.66. The van der Waals surface area contributed by atoms with Crippen LogP contribution in [0.5, 0.6) is 0 Å². The summed E-state index contributed by atoms with van der Waals surface area (Å²) >= 11 is 9.75. The van der Waals surface area contributed by atoms with E-state index >= 15 is 0 Å². The predicted octanol–water partition coefficient (Wildman–Crippen LogP) is 3.43. The first-order valence-corrected chi connectivity index (χ1v) is 7.80. The van der Waals surface area contributed by atoms with Gasteiger partial charge in [-0.3, -0.25) is 4.90 Å². The third-order valence-corrected chi connectivity index (χ3v) is 4.86. The number of hydrogen-bond acceptors (Lipinski definition) is 2. The maximum Gasteiger partial charge on any atom is 0.0462 e. The third-order valence-electron chi connectivity index (χ3n) is 4.02. The van der Waals surface area contributed by atoms with Crippen molar-refractivity contribution in [2.75, 3.05) is 13.1 Å². The number of benzene rings is 1. The fraction of sp³-hybridized carbons (Fsp3) is 0.571. The van der Waals surface area contributed by atoms with Crippen LogP contribution in [0, 0.1) is 0 Å². The highest BCUT2D eigenvalue weighted by molar-refractivity contribution is 9.10. The van der Waals surface area contributed by atoms with Crippen molar-refractivity contribution >= 4 is 27.5 Å². The second kappa shape index (κ2) is 5.49. The lowest BCUT2D eigenvalue weighted by molar-refractivity contribution is 0.251. The number of hydrogen-bond donors (Lipinski definition) is 1.